The van der Waals surface area contributed by atoms with Crippen molar-refractivity contribution in [3.63, 3.8) is 0 Å². The highest BCUT2D eigenvalue weighted by atomic mass is 19.4. The number of aromatic nitrogens is 4. The minimum absolute atomic E-state index is 0.184. The summed E-state index contributed by atoms with van der Waals surface area (Å²) in [5.41, 5.74) is 5.60. The fourth-order valence-corrected chi connectivity index (χ4v) is 4.82. The number of amides is 2. The van der Waals surface area contributed by atoms with Crippen LogP contribution >= 0.6 is 0 Å². The second kappa shape index (κ2) is 9.04. The van der Waals surface area contributed by atoms with Gasteiger partial charge < -0.3 is 20.7 Å². The first-order valence-electron chi connectivity index (χ1n) is 11.6. The SMILES string of the molecule is C[C@@H](NC(=O)N1CCC2(C1)OCCn1nc(-c3cnc(N)c(C(F)(F)F)c3)cc12)c1ncccc1C#N. The number of carbonyl (C=O) groups is 1. The summed E-state index contributed by atoms with van der Waals surface area (Å²) in [5.74, 6) is -0.598. The Morgan fingerprint density at radius 3 is 2.89 bits per heavy atom. The van der Waals surface area contributed by atoms with Crippen molar-refractivity contribution in [2.45, 2.75) is 37.7 Å². The van der Waals surface area contributed by atoms with Gasteiger partial charge in [0.15, 0.2) is 0 Å². The number of nitrogens with one attached hydrogen (secondary N) is 1. The van der Waals surface area contributed by atoms with Gasteiger partial charge in [-0.05, 0) is 31.2 Å². The van der Waals surface area contributed by atoms with E-state index in [2.05, 4.69) is 26.5 Å². The van der Waals surface area contributed by atoms with Gasteiger partial charge in [-0.15, -0.1) is 0 Å². The summed E-state index contributed by atoms with van der Waals surface area (Å²) in [6.45, 7) is 3.14. The zero-order chi connectivity index (χ0) is 26.4. The van der Waals surface area contributed by atoms with E-state index in [4.69, 9.17) is 10.5 Å². The number of nitrogens with zero attached hydrogens (tertiary/aromatic N) is 6. The number of nitrogens with two attached hydrogens (primary N) is 1. The van der Waals surface area contributed by atoms with Crippen molar-refractivity contribution >= 4 is 11.8 Å². The van der Waals surface area contributed by atoms with Crippen LogP contribution in [0.2, 0.25) is 0 Å². The lowest BCUT2D eigenvalue weighted by Crippen LogP contribution is -2.45. The summed E-state index contributed by atoms with van der Waals surface area (Å²) >= 11 is 0. The van der Waals surface area contributed by atoms with E-state index in [-0.39, 0.29) is 18.1 Å². The Labute approximate surface area is 209 Å². The number of nitriles is 1. The molecule has 2 amide bonds. The number of fused-ring (bicyclic) bond motifs is 2. The molecule has 0 aromatic carbocycles. The lowest BCUT2D eigenvalue weighted by atomic mass is 9.96. The van der Waals surface area contributed by atoms with Crippen LogP contribution in [0.3, 0.4) is 0 Å². The van der Waals surface area contributed by atoms with E-state index in [1.807, 2.05) is 0 Å². The smallest absolute Gasteiger partial charge is 0.383 e. The van der Waals surface area contributed by atoms with Gasteiger partial charge in [-0.1, -0.05) is 0 Å². The maximum atomic E-state index is 13.3. The molecule has 1 spiro atoms. The molecule has 37 heavy (non-hydrogen) atoms. The van der Waals surface area contributed by atoms with E-state index >= 15 is 0 Å². The number of urea groups is 1. The Morgan fingerprint density at radius 1 is 1.32 bits per heavy atom. The molecule has 3 N–H and O–H groups in total. The van der Waals surface area contributed by atoms with Gasteiger partial charge in [0.1, 0.15) is 17.5 Å². The van der Waals surface area contributed by atoms with Crippen LogP contribution in [0.1, 0.15) is 41.9 Å². The number of likely N-dealkylation sites (tertiary alicyclic amines) is 1. The number of hydrogen-bond acceptors (Lipinski definition) is 7. The molecule has 0 radical (unpaired) electrons. The van der Waals surface area contributed by atoms with Crippen LogP contribution < -0.4 is 11.1 Å². The van der Waals surface area contributed by atoms with Gasteiger partial charge in [-0.25, -0.2) is 9.78 Å². The first-order valence-corrected chi connectivity index (χ1v) is 11.6. The number of carbonyl (C=O) groups excluding carboxylic acids is 1. The molecular formula is C24H23F3N8O2. The molecule has 0 bridgehead atoms. The summed E-state index contributed by atoms with van der Waals surface area (Å²) in [6, 6.07) is 7.16. The summed E-state index contributed by atoms with van der Waals surface area (Å²) in [6.07, 6.45) is -1.33. The normalized spacial score (nSPS) is 19.9. The number of anilines is 1. The Morgan fingerprint density at radius 2 is 2.14 bits per heavy atom. The molecule has 1 unspecified atom stereocenters. The molecule has 10 nitrogen and oxygen atoms in total. The largest absolute Gasteiger partial charge is 0.419 e. The Bertz CT molecular complexity index is 1400. The first kappa shape index (κ1) is 24.5. The summed E-state index contributed by atoms with van der Waals surface area (Å²) < 4.78 is 47.9. The van der Waals surface area contributed by atoms with E-state index < -0.39 is 29.2 Å². The molecule has 192 valence electrons. The molecule has 1 saturated heterocycles. The van der Waals surface area contributed by atoms with Crippen molar-refractivity contribution < 1.29 is 22.7 Å². The molecular weight excluding hydrogens is 489 g/mol. The van der Waals surface area contributed by atoms with Gasteiger partial charge in [-0.3, -0.25) is 9.67 Å². The van der Waals surface area contributed by atoms with Crippen molar-refractivity contribution in [3.05, 3.63) is 59.2 Å². The molecule has 2 atom stereocenters. The molecule has 0 aliphatic carbocycles. The molecule has 2 aliphatic heterocycles. The number of rotatable bonds is 3. The monoisotopic (exact) mass is 512 g/mol. The highest BCUT2D eigenvalue weighted by molar-refractivity contribution is 5.75. The number of hydrogen-bond donors (Lipinski definition) is 2. The molecule has 13 heteroatoms. The zero-order valence-corrected chi connectivity index (χ0v) is 19.8. The van der Waals surface area contributed by atoms with Crippen LogP contribution in [-0.4, -0.2) is 50.4 Å². The highest BCUT2D eigenvalue weighted by Gasteiger charge is 2.47. The van der Waals surface area contributed by atoms with Gasteiger partial charge in [0, 0.05) is 30.9 Å². The van der Waals surface area contributed by atoms with Crippen LogP contribution in [0.5, 0.6) is 0 Å². The van der Waals surface area contributed by atoms with Crippen LogP contribution in [0.25, 0.3) is 11.3 Å². The van der Waals surface area contributed by atoms with Gasteiger partial charge in [0.05, 0.1) is 53.9 Å². The first-order chi connectivity index (χ1) is 17.6. The molecule has 3 aromatic rings. The van der Waals surface area contributed by atoms with Crippen molar-refractivity contribution in [3.8, 4) is 17.3 Å². The third kappa shape index (κ3) is 4.44. The van der Waals surface area contributed by atoms with Gasteiger partial charge in [0.25, 0.3) is 0 Å². The van der Waals surface area contributed by atoms with Crippen LogP contribution in [0.4, 0.5) is 23.8 Å². The van der Waals surface area contributed by atoms with Crippen LogP contribution in [-0.2, 0) is 23.1 Å². The van der Waals surface area contributed by atoms with E-state index in [0.717, 1.165) is 6.07 Å². The third-order valence-corrected chi connectivity index (χ3v) is 6.68. The van der Waals surface area contributed by atoms with Gasteiger partial charge in [0.2, 0.25) is 0 Å². The van der Waals surface area contributed by atoms with E-state index in [0.29, 0.717) is 48.8 Å². The topological polar surface area (TPSA) is 135 Å². The fraction of sp³-hybridized carbons (Fsp3) is 0.375. The molecule has 5 heterocycles. The number of ether oxygens (including phenoxy) is 1. The maximum Gasteiger partial charge on any atom is 0.419 e. The number of pyridine rings is 2. The van der Waals surface area contributed by atoms with E-state index in [9.17, 15) is 23.2 Å². The standard InChI is InChI=1S/C24H23F3N8O2/c1-14(20-15(11-28)3-2-5-30-20)32-22(36)34-6-4-23(13-34)19-10-18(33-35(19)7-8-37-23)16-9-17(24(25,26)27)21(29)31-12-16/h2-3,5,9-10,12,14H,4,6-8,13H2,1H3,(H2,29,31)(H,32,36)/t14-,23?/m1/s1. The molecule has 5 rings (SSSR count). The van der Waals surface area contributed by atoms with Crippen molar-refractivity contribution in [2.75, 3.05) is 25.4 Å². The summed E-state index contributed by atoms with van der Waals surface area (Å²) in [7, 11) is 0. The average molecular weight is 512 g/mol. The quantitative estimate of drug-likeness (QED) is 0.550. The van der Waals surface area contributed by atoms with Gasteiger partial charge in [-0.2, -0.15) is 23.5 Å². The second-order valence-electron chi connectivity index (χ2n) is 9.03. The summed E-state index contributed by atoms with van der Waals surface area (Å²) in [5, 5.41) is 16.7. The zero-order valence-electron chi connectivity index (χ0n) is 19.8. The fourth-order valence-electron chi connectivity index (χ4n) is 4.82. The molecule has 3 aromatic heterocycles. The van der Waals surface area contributed by atoms with Gasteiger partial charge >= 0.3 is 12.2 Å². The lowest BCUT2D eigenvalue weighted by molar-refractivity contribution is -0.137. The number of halogens is 3. The third-order valence-electron chi connectivity index (χ3n) is 6.68. The Kier molecular flexibility index (Phi) is 5.99. The van der Waals surface area contributed by atoms with Crippen LogP contribution in [0.15, 0.2) is 36.7 Å². The predicted molar refractivity (Wildman–Crippen MR) is 125 cm³/mol. The number of alkyl halides is 3. The van der Waals surface area contributed by atoms with E-state index in [1.165, 1.54) is 6.20 Å². The highest BCUT2D eigenvalue weighted by Crippen LogP contribution is 2.41. The average Bonchev–Trinajstić information content (AvgIpc) is 3.50. The molecule has 1 fully saturated rings. The minimum Gasteiger partial charge on any atom is -0.383 e. The maximum absolute atomic E-state index is 13.3. The van der Waals surface area contributed by atoms with E-state index in [1.54, 1.807) is 40.9 Å². The lowest BCUT2D eigenvalue weighted by Gasteiger charge is -2.34. The number of nitrogen functional groups attached to an aromatic ring is 1. The summed E-state index contributed by atoms with van der Waals surface area (Å²) in [4.78, 5) is 22.6. The second-order valence-corrected chi connectivity index (χ2v) is 9.03. The van der Waals surface area contributed by atoms with Crippen LogP contribution in [0, 0.1) is 11.3 Å². The van der Waals surface area contributed by atoms with Crippen molar-refractivity contribution in [2.24, 2.45) is 0 Å². The Hall–Kier alpha value is -4.18. The van der Waals surface area contributed by atoms with Crippen molar-refractivity contribution in [1.82, 2.24) is 30.0 Å². The van der Waals surface area contributed by atoms with Crippen molar-refractivity contribution in [1.29, 1.82) is 5.26 Å². The predicted octanol–water partition coefficient (Wildman–Crippen LogP) is 3.21. The minimum atomic E-state index is -4.64. The Balaban J connectivity index is 1.37. The molecule has 2 aliphatic rings. The molecule has 0 saturated carbocycles.